The quantitative estimate of drug-likeness (QED) is 0.572. The third-order valence-corrected chi connectivity index (χ3v) is 12.5. The lowest BCUT2D eigenvalue weighted by atomic mass is 9.44. The van der Waals surface area contributed by atoms with Gasteiger partial charge >= 0.3 is 5.97 Å². The van der Waals surface area contributed by atoms with E-state index in [0.29, 0.717) is 29.7 Å². The second kappa shape index (κ2) is 9.50. The molecule has 0 aromatic rings. The molecule has 6 rings (SSSR count). The Labute approximate surface area is 218 Å². The first kappa shape index (κ1) is 25.6. The van der Waals surface area contributed by atoms with Crippen LogP contribution in [0.3, 0.4) is 0 Å². The minimum Gasteiger partial charge on any atom is -0.460 e. The Kier molecular flexibility index (Phi) is 6.75. The predicted molar refractivity (Wildman–Crippen MR) is 139 cm³/mol. The largest absolute Gasteiger partial charge is 0.460 e. The van der Waals surface area contributed by atoms with Crippen LogP contribution in [0.2, 0.25) is 0 Å². The molecule has 0 radical (unpaired) electrons. The van der Waals surface area contributed by atoms with E-state index in [-0.39, 0.29) is 41.2 Å². The molecule has 2 N–H and O–H groups in total. The van der Waals surface area contributed by atoms with Gasteiger partial charge in [-0.25, -0.2) is 0 Å². The van der Waals surface area contributed by atoms with E-state index >= 15 is 0 Å². The van der Waals surface area contributed by atoms with Crippen molar-refractivity contribution in [1.29, 1.82) is 0 Å². The molecule has 4 aliphatic carbocycles. The van der Waals surface area contributed by atoms with E-state index in [1.165, 1.54) is 38.5 Å². The molecule has 36 heavy (non-hydrogen) atoms. The first-order valence-electron chi connectivity index (χ1n) is 15.2. The molecule has 2 aliphatic heterocycles. The van der Waals surface area contributed by atoms with Gasteiger partial charge in [0.05, 0.1) is 12.2 Å². The number of ether oxygens (including phenoxy) is 1. The average Bonchev–Trinajstić information content (AvgIpc) is 3.46. The van der Waals surface area contributed by atoms with Crippen molar-refractivity contribution >= 4 is 5.97 Å². The lowest BCUT2D eigenvalue weighted by Crippen LogP contribution is -2.60. The highest BCUT2D eigenvalue weighted by Crippen LogP contribution is 2.67. The highest BCUT2D eigenvalue weighted by molar-refractivity contribution is 5.66. The molecule has 2 saturated heterocycles. The first-order valence-corrected chi connectivity index (χ1v) is 15.2. The number of likely N-dealkylation sites (tertiary alicyclic amines) is 2. The van der Waals surface area contributed by atoms with Crippen molar-refractivity contribution in [3.8, 4) is 0 Å². The minimum absolute atomic E-state index is 0.0327. The van der Waals surface area contributed by atoms with Gasteiger partial charge in [0.1, 0.15) is 6.10 Å². The average molecular weight is 503 g/mol. The van der Waals surface area contributed by atoms with E-state index in [4.69, 9.17) is 4.74 Å². The molecule has 204 valence electrons. The highest BCUT2D eigenvalue weighted by atomic mass is 16.5. The molecule has 0 bridgehead atoms. The van der Waals surface area contributed by atoms with Gasteiger partial charge in [0.2, 0.25) is 0 Å². The Morgan fingerprint density at radius 1 is 0.833 bits per heavy atom. The van der Waals surface area contributed by atoms with Crippen LogP contribution in [-0.2, 0) is 9.53 Å². The van der Waals surface area contributed by atoms with Crippen LogP contribution in [0.25, 0.3) is 0 Å². The molecule has 10 atom stereocenters. The van der Waals surface area contributed by atoms with Gasteiger partial charge in [-0.2, -0.15) is 0 Å². The van der Waals surface area contributed by atoms with Crippen molar-refractivity contribution in [2.45, 2.75) is 122 Å². The lowest BCUT2D eigenvalue weighted by Gasteiger charge is -2.62. The molecular weight excluding hydrogens is 452 g/mol. The summed E-state index contributed by atoms with van der Waals surface area (Å²) in [6.45, 7) is 10.8. The Morgan fingerprint density at radius 3 is 2.22 bits per heavy atom. The number of hydrogen-bond acceptors (Lipinski definition) is 6. The van der Waals surface area contributed by atoms with Crippen LogP contribution in [-0.4, -0.2) is 82.6 Å². The van der Waals surface area contributed by atoms with Crippen LogP contribution in [0.15, 0.2) is 0 Å². The van der Waals surface area contributed by atoms with Gasteiger partial charge in [0.15, 0.2) is 0 Å². The lowest BCUT2D eigenvalue weighted by molar-refractivity contribution is -0.171. The number of rotatable bonds is 3. The summed E-state index contributed by atoms with van der Waals surface area (Å²) in [6.07, 6.45) is 12.0. The molecule has 0 aromatic carbocycles. The normalized spacial score (nSPS) is 50.4. The molecule has 6 aliphatic rings. The Morgan fingerprint density at radius 2 is 1.53 bits per heavy atom. The summed E-state index contributed by atoms with van der Waals surface area (Å²) in [7, 11) is 0. The van der Waals surface area contributed by atoms with Crippen molar-refractivity contribution < 1.29 is 19.7 Å². The van der Waals surface area contributed by atoms with Gasteiger partial charge in [-0.1, -0.05) is 13.8 Å². The summed E-state index contributed by atoms with van der Waals surface area (Å²) in [5, 5.41) is 21.3. The number of fused-ring (bicyclic) bond motifs is 5. The second-order valence-corrected chi connectivity index (χ2v) is 14.1. The van der Waals surface area contributed by atoms with Gasteiger partial charge in [-0.05, 0) is 113 Å². The number of carbonyl (C=O) groups excluding carboxylic acids is 1. The van der Waals surface area contributed by atoms with Gasteiger partial charge in [0.25, 0.3) is 0 Å². The number of aliphatic hydroxyl groups excluding tert-OH is 2. The third-order valence-electron chi connectivity index (χ3n) is 12.5. The van der Waals surface area contributed by atoms with E-state index in [9.17, 15) is 15.0 Å². The Bertz CT molecular complexity index is 824. The molecule has 0 aromatic heterocycles. The number of esters is 1. The molecule has 6 nitrogen and oxygen atoms in total. The van der Waals surface area contributed by atoms with E-state index < -0.39 is 0 Å². The SMILES string of the molecule is CC(=O)O[C@H]1[C@@H](N2CCCC2)C[C@H]2[C@@H]3CC[C@H]4C[C@H](O)[C@@H](N5CCC(O)CC5)C[C@]4(C)[C@H]3CC[C@@]21C. The van der Waals surface area contributed by atoms with Gasteiger partial charge in [0, 0.05) is 37.5 Å². The summed E-state index contributed by atoms with van der Waals surface area (Å²) in [5.41, 5.74) is 0.354. The van der Waals surface area contributed by atoms with Crippen LogP contribution in [0.5, 0.6) is 0 Å². The van der Waals surface area contributed by atoms with Gasteiger partial charge < -0.3 is 14.9 Å². The summed E-state index contributed by atoms with van der Waals surface area (Å²) in [6, 6.07) is 0.622. The van der Waals surface area contributed by atoms with Crippen molar-refractivity contribution in [1.82, 2.24) is 9.80 Å². The maximum absolute atomic E-state index is 12.3. The summed E-state index contributed by atoms with van der Waals surface area (Å²) < 4.78 is 6.20. The maximum Gasteiger partial charge on any atom is 0.302 e. The number of aliphatic hydroxyl groups is 2. The van der Waals surface area contributed by atoms with Crippen molar-refractivity contribution in [3.63, 3.8) is 0 Å². The summed E-state index contributed by atoms with van der Waals surface area (Å²) in [4.78, 5) is 17.4. The summed E-state index contributed by atoms with van der Waals surface area (Å²) in [5.74, 6) is 2.54. The molecule has 0 unspecified atom stereocenters. The van der Waals surface area contributed by atoms with Gasteiger partial charge in [-0.15, -0.1) is 0 Å². The van der Waals surface area contributed by atoms with E-state index in [1.807, 2.05) is 0 Å². The smallest absolute Gasteiger partial charge is 0.302 e. The first-order chi connectivity index (χ1) is 17.2. The van der Waals surface area contributed by atoms with Gasteiger partial charge in [-0.3, -0.25) is 14.6 Å². The second-order valence-electron chi connectivity index (χ2n) is 14.1. The number of carbonyl (C=O) groups is 1. The fourth-order valence-corrected chi connectivity index (χ4v) is 10.6. The molecule has 6 fully saturated rings. The molecule has 4 saturated carbocycles. The van der Waals surface area contributed by atoms with Crippen LogP contribution in [0, 0.1) is 34.5 Å². The molecular formula is C30H50N2O4. The van der Waals surface area contributed by atoms with Crippen LogP contribution >= 0.6 is 0 Å². The standard InChI is InChI=1S/C30H50N2O4/c1-19(33)36-28-25(31-12-4-5-13-31)17-24-22-7-6-20-16-27(35)26(32-14-9-21(34)10-15-32)18-30(20,3)23(22)8-11-29(24,28)2/h20-28,34-35H,4-18H2,1-3H3/t20-,22+,23-,24-,25-,26-,27-,28-,29-,30-/m0/s1. The monoisotopic (exact) mass is 502 g/mol. The van der Waals surface area contributed by atoms with Crippen molar-refractivity contribution in [2.75, 3.05) is 26.2 Å². The predicted octanol–water partition coefficient (Wildman–Crippen LogP) is 3.83. The zero-order valence-electron chi connectivity index (χ0n) is 22.9. The number of piperidine rings is 1. The molecule has 0 amide bonds. The zero-order valence-corrected chi connectivity index (χ0v) is 22.9. The van der Waals surface area contributed by atoms with Crippen LogP contribution in [0.4, 0.5) is 0 Å². The van der Waals surface area contributed by atoms with Crippen LogP contribution in [0.1, 0.15) is 91.4 Å². The molecule has 6 heteroatoms. The Hall–Kier alpha value is -0.690. The minimum atomic E-state index is -0.233. The van der Waals surface area contributed by atoms with Crippen molar-refractivity contribution in [3.05, 3.63) is 0 Å². The van der Waals surface area contributed by atoms with E-state index in [2.05, 4.69) is 23.6 Å². The van der Waals surface area contributed by atoms with Crippen LogP contribution < -0.4 is 0 Å². The topological polar surface area (TPSA) is 73.2 Å². The summed E-state index contributed by atoms with van der Waals surface area (Å²) >= 11 is 0. The molecule has 2 heterocycles. The fourth-order valence-electron chi connectivity index (χ4n) is 10.6. The third kappa shape index (κ3) is 4.08. The van der Waals surface area contributed by atoms with E-state index in [1.54, 1.807) is 6.92 Å². The number of hydrogen-bond donors (Lipinski definition) is 2. The maximum atomic E-state index is 12.3. The number of nitrogens with zero attached hydrogens (tertiary/aromatic N) is 2. The highest BCUT2D eigenvalue weighted by Gasteiger charge is 2.65. The van der Waals surface area contributed by atoms with Crippen molar-refractivity contribution in [2.24, 2.45) is 34.5 Å². The molecule has 0 spiro atoms. The fraction of sp³-hybridized carbons (Fsp3) is 0.967. The van der Waals surface area contributed by atoms with E-state index in [0.717, 1.165) is 58.3 Å². The zero-order chi connectivity index (χ0) is 25.2. The Balaban J connectivity index is 1.25.